The van der Waals surface area contributed by atoms with Crippen molar-refractivity contribution in [1.82, 2.24) is 0 Å². The Hall–Kier alpha value is -1.88. The van der Waals surface area contributed by atoms with Crippen molar-refractivity contribution in [2.45, 2.75) is 19.2 Å². The normalized spacial score (nSPS) is 10.3. The van der Waals surface area contributed by atoms with Gasteiger partial charge in [0.1, 0.15) is 11.5 Å². The number of nitro benzene ring substituents is 1. The molecule has 0 fully saturated rings. The Morgan fingerprint density at radius 2 is 1.70 bits per heavy atom. The van der Waals surface area contributed by atoms with Crippen molar-refractivity contribution < 1.29 is 9.66 Å². The van der Waals surface area contributed by atoms with Crippen LogP contribution < -0.4 is 4.74 Å². The Kier molecular flexibility index (Phi) is 4.39. The van der Waals surface area contributed by atoms with Gasteiger partial charge in [-0.2, -0.15) is 0 Å². The molecule has 5 heteroatoms. The van der Waals surface area contributed by atoms with E-state index in [0.717, 1.165) is 22.2 Å². The van der Waals surface area contributed by atoms with Gasteiger partial charge in [0.15, 0.2) is 0 Å². The van der Waals surface area contributed by atoms with Crippen molar-refractivity contribution >= 4 is 21.6 Å². The molecular weight excluding hydrogens is 322 g/mol. The standard InChI is InChI=1S/C15H14BrNO3/c1-10-7-12(9-16)3-5-14(10)20-15-6-4-13(17(18)19)8-11(15)2/h3-8H,9H2,1-2H3. The molecule has 2 rings (SSSR count). The molecule has 0 unspecified atom stereocenters. The zero-order valence-corrected chi connectivity index (χ0v) is 12.8. The molecule has 0 saturated carbocycles. The van der Waals surface area contributed by atoms with E-state index in [1.54, 1.807) is 13.0 Å². The molecule has 0 amide bonds. The van der Waals surface area contributed by atoms with Crippen LogP contribution in [0.2, 0.25) is 0 Å². The Labute approximate surface area is 125 Å². The number of hydrogen-bond acceptors (Lipinski definition) is 3. The van der Waals surface area contributed by atoms with Crippen LogP contribution in [0.5, 0.6) is 11.5 Å². The van der Waals surface area contributed by atoms with Crippen LogP contribution in [0.4, 0.5) is 5.69 Å². The molecule has 0 atom stereocenters. The minimum Gasteiger partial charge on any atom is -0.457 e. The van der Waals surface area contributed by atoms with Crippen LogP contribution in [-0.4, -0.2) is 4.92 Å². The van der Waals surface area contributed by atoms with Crippen molar-refractivity contribution in [2.24, 2.45) is 0 Å². The zero-order valence-electron chi connectivity index (χ0n) is 11.2. The minimum absolute atomic E-state index is 0.0706. The van der Waals surface area contributed by atoms with Gasteiger partial charge >= 0.3 is 0 Å². The van der Waals surface area contributed by atoms with Crippen LogP contribution in [0.15, 0.2) is 36.4 Å². The predicted molar refractivity (Wildman–Crippen MR) is 81.7 cm³/mol. The van der Waals surface area contributed by atoms with Crippen molar-refractivity contribution in [3.05, 3.63) is 63.2 Å². The second kappa shape index (κ2) is 6.05. The SMILES string of the molecule is Cc1cc(CBr)ccc1Oc1ccc([N+](=O)[O-])cc1C. The van der Waals surface area contributed by atoms with Gasteiger partial charge in [-0.1, -0.05) is 28.1 Å². The highest BCUT2D eigenvalue weighted by Gasteiger charge is 2.10. The van der Waals surface area contributed by atoms with Crippen molar-refractivity contribution in [3.8, 4) is 11.5 Å². The van der Waals surface area contributed by atoms with Crippen LogP contribution in [0, 0.1) is 24.0 Å². The summed E-state index contributed by atoms with van der Waals surface area (Å²) in [4.78, 5) is 10.3. The smallest absolute Gasteiger partial charge is 0.269 e. The molecule has 0 N–H and O–H groups in total. The maximum Gasteiger partial charge on any atom is 0.269 e. The van der Waals surface area contributed by atoms with E-state index in [4.69, 9.17) is 4.74 Å². The summed E-state index contributed by atoms with van der Waals surface area (Å²) >= 11 is 3.41. The number of halogens is 1. The van der Waals surface area contributed by atoms with Gasteiger partial charge in [0, 0.05) is 17.5 Å². The second-order valence-corrected chi connectivity index (χ2v) is 5.10. The molecule has 0 bridgehead atoms. The number of alkyl halides is 1. The highest BCUT2D eigenvalue weighted by Crippen LogP contribution is 2.30. The van der Waals surface area contributed by atoms with Crippen molar-refractivity contribution in [3.63, 3.8) is 0 Å². The van der Waals surface area contributed by atoms with Crippen molar-refractivity contribution in [2.75, 3.05) is 0 Å². The first-order valence-electron chi connectivity index (χ1n) is 6.09. The first-order chi connectivity index (χ1) is 9.51. The maximum absolute atomic E-state index is 10.7. The van der Waals surface area contributed by atoms with Crippen LogP contribution >= 0.6 is 15.9 Å². The molecule has 20 heavy (non-hydrogen) atoms. The molecule has 0 spiro atoms. The third-order valence-corrected chi connectivity index (χ3v) is 3.63. The Morgan fingerprint density at radius 3 is 2.20 bits per heavy atom. The Morgan fingerprint density at radius 1 is 1.10 bits per heavy atom. The molecule has 0 radical (unpaired) electrons. The average Bonchev–Trinajstić information content (AvgIpc) is 2.42. The van der Waals surface area contributed by atoms with E-state index in [9.17, 15) is 10.1 Å². The van der Waals surface area contributed by atoms with Crippen LogP contribution in [0.3, 0.4) is 0 Å². The van der Waals surface area contributed by atoms with Crippen LogP contribution in [-0.2, 0) is 5.33 Å². The summed E-state index contributed by atoms with van der Waals surface area (Å²) in [5.41, 5.74) is 3.01. The van der Waals surface area contributed by atoms with Crippen molar-refractivity contribution in [1.29, 1.82) is 0 Å². The number of non-ortho nitro benzene ring substituents is 1. The fourth-order valence-corrected chi connectivity index (χ4v) is 2.24. The first kappa shape index (κ1) is 14.5. The lowest BCUT2D eigenvalue weighted by Gasteiger charge is -2.11. The topological polar surface area (TPSA) is 52.4 Å². The van der Waals surface area contributed by atoms with Gasteiger partial charge in [0.05, 0.1) is 4.92 Å². The molecule has 2 aromatic carbocycles. The lowest BCUT2D eigenvalue weighted by atomic mass is 10.1. The number of hydrogen-bond donors (Lipinski definition) is 0. The number of nitrogens with zero attached hydrogens (tertiary/aromatic N) is 1. The molecule has 0 saturated heterocycles. The van der Waals surface area contributed by atoms with Gasteiger partial charge in [-0.3, -0.25) is 10.1 Å². The second-order valence-electron chi connectivity index (χ2n) is 4.54. The molecular formula is C15H14BrNO3. The molecule has 0 heterocycles. The van der Waals surface area contributed by atoms with E-state index in [2.05, 4.69) is 15.9 Å². The molecule has 0 aliphatic rings. The summed E-state index contributed by atoms with van der Waals surface area (Å²) in [6.07, 6.45) is 0. The lowest BCUT2D eigenvalue weighted by Crippen LogP contribution is -1.93. The summed E-state index contributed by atoms with van der Waals surface area (Å²) in [5.74, 6) is 1.39. The number of aryl methyl sites for hydroxylation is 2. The summed E-state index contributed by atoms with van der Waals surface area (Å²) in [5, 5.41) is 11.5. The number of rotatable bonds is 4. The highest BCUT2D eigenvalue weighted by atomic mass is 79.9. The predicted octanol–water partition coefficient (Wildman–Crippen LogP) is 4.90. The fraction of sp³-hybridized carbons (Fsp3) is 0.200. The maximum atomic E-state index is 10.7. The largest absolute Gasteiger partial charge is 0.457 e. The molecule has 2 aromatic rings. The first-order valence-corrected chi connectivity index (χ1v) is 7.22. The monoisotopic (exact) mass is 335 g/mol. The van der Waals surface area contributed by atoms with E-state index in [-0.39, 0.29) is 5.69 Å². The third kappa shape index (κ3) is 3.17. The van der Waals surface area contributed by atoms with Crippen LogP contribution in [0.1, 0.15) is 16.7 Å². The number of ether oxygens (including phenoxy) is 1. The third-order valence-electron chi connectivity index (χ3n) is 2.98. The summed E-state index contributed by atoms with van der Waals surface area (Å²) in [6, 6.07) is 10.5. The molecule has 4 nitrogen and oxygen atoms in total. The van der Waals surface area contributed by atoms with Gasteiger partial charge in [-0.25, -0.2) is 0 Å². The summed E-state index contributed by atoms with van der Waals surface area (Å²) < 4.78 is 5.84. The lowest BCUT2D eigenvalue weighted by molar-refractivity contribution is -0.384. The van der Waals surface area contributed by atoms with E-state index in [1.807, 2.05) is 25.1 Å². The summed E-state index contributed by atoms with van der Waals surface area (Å²) in [7, 11) is 0. The van der Waals surface area contributed by atoms with Gasteiger partial charge in [-0.05, 0) is 42.7 Å². The molecule has 104 valence electrons. The van der Waals surface area contributed by atoms with E-state index in [0.29, 0.717) is 5.75 Å². The highest BCUT2D eigenvalue weighted by molar-refractivity contribution is 9.08. The van der Waals surface area contributed by atoms with E-state index >= 15 is 0 Å². The number of benzene rings is 2. The summed E-state index contributed by atoms with van der Waals surface area (Å²) in [6.45, 7) is 3.77. The Balaban J connectivity index is 2.28. The average molecular weight is 336 g/mol. The molecule has 0 aliphatic heterocycles. The number of nitro groups is 1. The minimum atomic E-state index is -0.410. The quantitative estimate of drug-likeness (QED) is 0.453. The van der Waals surface area contributed by atoms with E-state index < -0.39 is 4.92 Å². The molecule has 0 aliphatic carbocycles. The van der Waals surface area contributed by atoms with E-state index in [1.165, 1.54) is 17.7 Å². The van der Waals surface area contributed by atoms with Gasteiger partial charge in [0.25, 0.3) is 5.69 Å². The fourth-order valence-electron chi connectivity index (χ4n) is 1.89. The Bertz CT molecular complexity index is 656. The van der Waals surface area contributed by atoms with Gasteiger partial charge in [0.2, 0.25) is 0 Å². The molecule has 0 aromatic heterocycles. The van der Waals surface area contributed by atoms with Gasteiger partial charge in [-0.15, -0.1) is 0 Å². The zero-order chi connectivity index (χ0) is 14.7. The van der Waals surface area contributed by atoms with Gasteiger partial charge < -0.3 is 4.74 Å². The van der Waals surface area contributed by atoms with Crippen LogP contribution in [0.25, 0.3) is 0 Å².